The molecule has 0 saturated carbocycles. The van der Waals surface area contributed by atoms with Crippen LogP contribution in [0.2, 0.25) is 5.15 Å². The van der Waals surface area contributed by atoms with Crippen LogP contribution in [0.15, 0.2) is 12.1 Å². The van der Waals surface area contributed by atoms with Gasteiger partial charge in [0.15, 0.2) is 10.8 Å². The van der Waals surface area contributed by atoms with Crippen molar-refractivity contribution in [3.05, 3.63) is 23.0 Å². The molecule has 0 bridgehead atoms. The van der Waals surface area contributed by atoms with Crippen LogP contribution in [0.25, 0.3) is 0 Å². The van der Waals surface area contributed by atoms with E-state index in [1.165, 1.54) is 0 Å². The van der Waals surface area contributed by atoms with E-state index in [0.717, 1.165) is 0 Å². The van der Waals surface area contributed by atoms with Crippen LogP contribution in [-0.2, 0) is 0 Å². The number of aromatic nitrogens is 2. The number of carbonyl (C=O) groups is 1. The van der Waals surface area contributed by atoms with Crippen LogP contribution in [0, 0.1) is 0 Å². The molecule has 0 N–H and O–H groups in total. The highest BCUT2D eigenvalue weighted by Gasteiger charge is 2.22. The summed E-state index contributed by atoms with van der Waals surface area (Å²) in [6, 6.07) is 3.42. The standard InChI is InChI=1S/C11H16ClN3O/c1-7(2)15(8(3)4)11(16)9-5-6-10(12)14-13-9/h5-8H,1-4H3. The predicted molar refractivity (Wildman–Crippen MR) is 63.5 cm³/mol. The van der Waals surface area contributed by atoms with Gasteiger partial charge in [-0.3, -0.25) is 4.79 Å². The number of nitrogens with zero attached hydrogens (tertiary/aromatic N) is 3. The topological polar surface area (TPSA) is 46.1 Å². The second kappa shape index (κ2) is 5.25. The second-order valence-corrected chi connectivity index (χ2v) is 4.53. The molecule has 1 aromatic rings. The third-order valence-corrected chi connectivity index (χ3v) is 2.40. The Bertz CT molecular complexity index is 354. The summed E-state index contributed by atoms with van der Waals surface area (Å²) in [5.41, 5.74) is 0.326. The van der Waals surface area contributed by atoms with E-state index in [4.69, 9.17) is 11.6 Å². The van der Waals surface area contributed by atoms with E-state index in [1.807, 2.05) is 27.7 Å². The van der Waals surface area contributed by atoms with Gasteiger partial charge in [0.2, 0.25) is 0 Å². The van der Waals surface area contributed by atoms with Crippen molar-refractivity contribution >= 4 is 17.5 Å². The lowest BCUT2D eigenvalue weighted by Gasteiger charge is -2.30. The summed E-state index contributed by atoms with van der Waals surface area (Å²) in [6.45, 7) is 7.89. The molecule has 0 radical (unpaired) electrons. The van der Waals surface area contributed by atoms with Gasteiger partial charge in [0.05, 0.1) is 0 Å². The molecule has 1 amide bonds. The van der Waals surface area contributed by atoms with E-state index in [9.17, 15) is 4.79 Å². The van der Waals surface area contributed by atoms with Crippen LogP contribution in [0.3, 0.4) is 0 Å². The monoisotopic (exact) mass is 241 g/mol. The van der Waals surface area contributed by atoms with Gasteiger partial charge in [-0.25, -0.2) is 0 Å². The molecule has 0 aliphatic carbocycles. The maximum absolute atomic E-state index is 12.1. The van der Waals surface area contributed by atoms with E-state index in [0.29, 0.717) is 5.69 Å². The van der Waals surface area contributed by atoms with E-state index in [1.54, 1.807) is 17.0 Å². The molecule has 16 heavy (non-hydrogen) atoms. The molecule has 0 spiro atoms. The van der Waals surface area contributed by atoms with Crippen molar-refractivity contribution in [3.63, 3.8) is 0 Å². The first-order valence-corrected chi connectivity index (χ1v) is 5.63. The zero-order valence-electron chi connectivity index (χ0n) is 9.94. The molecular weight excluding hydrogens is 226 g/mol. The van der Waals surface area contributed by atoms with E-state index in [-0.39, 0.29) is 23.1 Å². The maximum Gasteiger partial charge on any atom is 0.274 e. The van der Waals surface area contributed by atoms with E-state index < -0.39 is 0 Å². The van der Waals surface area contributed by atoms with Gasteiger partial charge in [-0.15, -0.1) is 10.2 Å². The van der Waals surface area contributed by atoms with Crippen molar-refractivity contribution in [2.24, 2.45) is 0 Å². The summed E-state index contributed by atoms with van der Waals surface area (Å²) < 4.78 is 0. The van der Waals surface area contributed by atoms with Crippen molar-refractivity contribution in [1.29, 1.82) is 0 Å². The highest BCUT2D eigenvalue weighted by Crippen LogP contribution is 2.11. The normalized spacial score (nSPS) is 10.9. The summed E-state index contributed by atoms with van der Waals surface area (Å²) in [5.74, 6) is -0.117. The third kappa shape index (κ3) is 2.92. The van der Waals surface area contributed by atoms with Gasteiger partial charge in [-0.05, 0) is 39.8 Å². The molecule has 88 valence electrons. The molecule has 0 aromatic carbocycles. The minimum absolute atomic E-state index is 0.117. The number of amides is 1. The van der Waals surface area contributed by atoms with E-state index >= 15 is 0 Å². The number of hydrogen-bond acceptors (Lipinski definition) is 3. The number of rotatable bonds is 3. The average Bonchev–Trinajstić information content (AvgIpc) is 2.17. The highest BCUT2D eigenvalue weighted by molar-refractivity contribution is 6.29. The Labute approximate surface area is 101 Å². The minimum Gasteiger partial charge on any atom is -0.332 e. The van der Waals surface area contributed by atoms with Crippen molar-refractivity contribution < 1.29 is 4.79 Å². The minimum atomic E-state index is -0.117. The first-order chi connectivity index (χ1) is 7.43. The van der Waals surface area contributed by atoms with Crippen LogP contribution in [0.4, 0.5) is 0 Å². The molecule has 0 aliphatic rings. The maximum atomic E-state index is 12.1. The fourth-order valence-electron chi connectivity index (χ4n) is 1.63. The van der Waals surface area contributed by atoms with Gasteiger partial charge in [0, 0.05) is 12.1 Å². The van der Waals surface area contributed by atoms with Crippen LogP contribution in [0.5, 0.6) is 0 Å². The largest absolute Gasteiger partial charge is 0.332 e. The van der Waals surface area contributed by atoms with Gasteiger partial charge < -0.3 is 4.90 Å². The van der Waals surface area contributed by atoms with Crippen LogP contribution < -0.4 is 0 Å². The zero-order valence-corrected chi connectivity index (χ0v) is 10.7. The first-order valence-electron chi connectivity index (χ1n) is 5.25. The molecule has 4 nitrogen and oxygen atoms in total. The molecule has 0 fully saturated rings. The van der Waals surface area contributed by atoms with Crippen molar-refractivity contribution in [1.82, 2.24) is 15.1 Å². The van der Waals surface area contributed by atoms with Gasteiger partial charge in [-0.2, -0.15) is 0 Å². The molecule has 5 heteroatoms. The summed E-state index contributed by atoms with van der Waals surface area (Å²) in [5, 5.41) is 7.75. The average molecular weight is 242 g/mol. The van der Waals surface area contributed by atoms with Crippen molar-refractivity contribution in [2.75, 3.05) is 0 Å². The summed E-state index contributed by atoms with van der Waals surface area (Å²) >= 11 is 5.62. The zero-order chi connectivity index (χ0) is 12.3. The fraction of sp³-hybridized carbons (Fsp3) is 0.545. The Morgan fingerprint density at radius 2 is 1.75 bits per heavy atom. The quantitative estimate of drug-likeness (QED) is 0.816. The number of hydrogen-bond donors (Lipinski definition) is 0. The molecule has 1 heterocycles. The van der Waals surface area contributed by atoms with Gasteiger partial charge in [0.25, 0.3) is 5.91 Å². The SMILES string of the molecule is CC(C)N(C(=O)c1ccc(Cl)nn1)C(C)C. The first kappa shape index (κ1) is 12.9. The van der Waals surface area contributed by atoms with Crippen LogP contribution in [-0.4, -0.2) is 33.1 Å². The lowest BCUT2D eigenvalue weighted by molar-refractivity contribution is 0.0636. The van der Waals surface area contributed by atoms with Crippen molar-refractivity contribution in [2.45, 2.75) is 39.8 Å². The van der Waals surface area contributed by atoms with Gasteiger partial charge in [0.1, 0.15) is 0 Å². The van der Waals surface area contributed by atoms with Crippen LogP contribution >= 0.6 is 11.6 Å². The molecule has 1 rings (SSSR count). The van der Waals surface area contributed by atoms with Gasteiger partial charge >= 0.3 is 0 Å². The molecule has 0 saturated heterocycles. The van der Waals surface area contributed by atoms with E-state index in [2.05, 4.69) is 10.2 Å². The molecule has 0 unspecified atom stereocenters. The number of halogens is 1. The second-order valence-electron chi connectivity index (χ2n) is 4.14. The van der Waals surface area contributed by atoms with Crippen molar-refractivity contribution in [3.8, 4) is 0 Å². The summed E-state index contributed by atoms with van der Waals surface area (Å²) in [6.07, 6.45) is 0. The predicted octanol–water partition coefficient (Wildman–Crippen LogP) is 2.39. The Hall–Kier alpha value is -1.16. The highest BCUT2D eigenvalue weighted by atomic mass is 35.5. The Balaban J connectivity index is 2.95. The lowest BCUT2D eigenvalue weighted by atomic mass is 10.2. The lowest BCUT2D eigenvalue weighted by Crippen LogP contribution is -2.42. The van der Waals surface area contributed by atoms with Crippen LogP contribution in [0.1, 0.15) is 38.2 Å². The Kier molecular flexibility index (Phi) is 4.24. The number of carbonyl (C=O) groups excluding carboxylic acids is 1. The third-order valence-electron chi connectivity index (χ3n) is 2.20. The Morgan fingerprint density at radius 3 is 2.12 bits per heavy atom. The molecule has 0 aliphatic heterocycles. The summed E-state index contributed by atoms with van der Waals surface area (Å²) in [4.78, 5) is 13.9. The molecular formula is C11H16ClN3O. The molecule has 0 atom stereocenters. The fourth-order valence-corrected chi connectivity index (χ4v) is 1.73. The Morgan fingerprint density at radius 1 is 1.19 bits per heavy atom. The van der Waals surface area contributed by atoms with Gasteiger partial charge in [-0.1, -0.05) is 11.6 Å². The molecule has 1 aromatic heterocycles. The smallest absolute Gasteiger partial charge is 0.274 e. The summed E-state index contributed by atoms with van der Waals surface area (Å²) in [7, 11) is 0.